The molecule has 1 aromatic heterocycles. The number of rotatable bonds is 3. The molecule has 1 saturated heterocycles. The lowest BCUT2D eigenvalue weighted by atomic mass is 10.1. The van der Waals surface area contributed by atoms with E-state index in [1.54, 1.807) is 11.0 Å². The molecule has 0 atom stereocenters. The lowest BCUT2D eigenvalue weighted by Gasteiger charge is -2.24. The molecule has 1 aromatic carbocycles. The van der Waals surface area contributed by atoms with E-state index in [0.717, 1.165) is 37.4 Å². The second kappa shape index (κ2) is 5.14. The summed E-state index contributed by atoms with van der Waals surface area (Å²) in [6, 6.07) is 8.57. The fraction of sp³-hybridized carbons (Fsp3) is 0.417. The van der Waals surface area contributed by atoms with Gasteiger partial charge in [-0.1, -0.05) is 6.07 Å². The largest absolute Gasteiger partial charge is 0.382 e. The van der Waals surface area contributed by atoms with Crippen molar-refractivity contribution in [2.45, 2.75) is 18.9 Å². The van der Waals surface area contributed by atoms with Gasteiger partial charge in [0.05, 0.1) is 5.69 Å². The summed E-state index contributed by atoms with van der Waals surface area (Å²) in [7, 11) is 0. The molecule has 6 heteroatoms. The second-order valence-electron chi connectivity index (χ2n) is 4.34. The molecule has 0 radical (unpaired) electrons. The zero-order chi connectivity index (χ0) is 12.2. The molecule has 0 spiro atoms. The average molecular weight is 245 g/mol. The maximum Gasteiger partial charge on any atom is 0.143 e. The van der Waals surface area contributed by atoms with Crippen LogP contribution in [0.3, 0.4) is 0 Å². The number of hydrogen-bond donors (Lipinski definition) is 1. The Morgan fingerprint density at radius 3 is 2.94 bits per heavy atom. The Morgan fingerprint density at radius 1 is 1.28 bits per heavy atom. The van der Waals surface area contributed by atoms with E-state index in [1.807, 2.05) is 18.2 Å². The molecule has 0 unspecified atom stereocenters. The van der Waals surface area contributed by atoms with Crippen molar-refractivity contribution in [2.24, 2.45) is 0 Å². The molecular weight excluding hydrogens is 230 g/mol. The maximum atomic E-state index is 5.35. The summed E-state index contributed by atoms with van der Waals surface area (Å²) in [6.07, 6.45) is 3.69. The van der Waals surface area contributed by atoms with Gasteiger partial charge in [-0.05, 0) is 41.5 Å². The summed E-state index contributed by atoms with van der Waals surface area (Å²) >= 11 is 0. The Labute approximate surface area is 105 Å². The van der Waals surface area contributed by atoms with Crippen LogP contribution < -0.4 is 5.32 Å². The summed E-state index contributed by atoms with van der Waals surface area (Å²) < 4.78 is 7.00. The third kappa shape index (κ3) is 2.48. The molecule has 6 nitrogen and oxygen atoms in total. The smallest absolute Gasteiger partial charge is 0.143 e. The first-order valence-corrected chi connectivity index (χ1v) is 6.09. The van der Waals surface area contributed by atoms with Gasteiger partial charge in [0.25, 0.3) is 0 Å². The van der Waals surface area contributed by atoms with Crippen LogP contribution in [0.4, 0.5) is 5.69 Å². The minimum atomic E-state index is 0.489. The van der Waals surface area contributed by atoms with Gasteiger partial charge < -0.3 is 10.1 Å². The van der Waals surface area contributed by atoms with Crippen molar-refractivity contribution >= 4 is 5.69 Å². The van der Waals surface area contributed by atoms with E-state index in [4.69, 9.17) is 4.74 Å². The standard InChI is InChI=1S/C12H15N5O/c1-2-11(14-10-4-6-18-7-5-10)8-12(3-1)17-9-13-15-16-17/h1-3,8-10,14H,4-7H2. The SMILES string of the molecule is c1cc(NC2CCOCC2)cc(-n2cnnn2)c1. The molecule has 1 aliphatic heterocycles. The summed E-state index contributed by atoms with van der Waals surface area (Å²) in [5.74, 6) is 0. The van der Waals surface area contributed by atoms with Crippen LogP contribution in [0.15, 0.2) is 30.6 Å². The maximum absolute atomic E-state index is 5.35. The van der Waals surface area contributed by atoms with Crippen molar-refractivity contribution in [3.05, 3.63) is 30.6 Å². The second-order valence-corrected chi connectivity index (χ2v) is 4.34. The number of nitrogens with one attached hydrogen (secondary N) is 1. The molecule has 3 rings (SSSR count). The zero-order valence-electron chi connectivity index (χ0n) is 9.99. The number of aromatic nitrogens is 4. The third-order valence-corrected chi connectivity index (χ3v) is 3.05. The fourth-order valence-corrected chi connectivity index (χ4v) is 2.10. The van der Waals surface area contributed by atoms with E-state index in [1.165, 1.54) is 0 Å². The molecule has 0 saturated carbocycles. The normalized spacial score (nSPS) is 16.7. The predicted octanol–water partition coefficient (Wildman–Crippen LogP) is 1.25. The molecule has 0 amide bonds. The van der Waals surface area contributed by atoms with Crippen LogP contribution in [0.25, 0.3) is 5.69 Å². The van der Waals surface area contributed by atoms with E-state index >= 15 is 0 Å². The summed E-state index contributed by atoms with van der Waals surface area (Å²) in [5, 5.41) is 14.7. The molecule has 94 valence electrons. The van der Waals surface area contributed by atoms with Gasteiger partial charge in [0.2, 0.25) is 0 Å². The Morgan fingerprint density at radius 2 is 2.17 bits per heavy atom. The van der Waals surface area contributed by atoms with E-state index in [9.17, 15) is 0 Å². The molecule has 0 bridgehead atoms. The molecule has 0 aliphatic carbocycles. The Bertz CT molecular complexity index is 493. The van der Waals surface area contributed by atoms with Crippen molar-refractivity contribution in [1.29, 1.82) is 0 Å². The first-order valence-electron chi connectivity index (χ1n) is 6.09. The van der Waals surface area contributed by atoms with Gasteiger partial charge in [-0.15, -0.1) is 5.10 Å². The van der Waals surface area contributed by atoms with Crippen molar-refractivity contribution in [1.82, 2.24) is 20.2 Å². The van der Waals surface area contributed by atoms with E-state index in [2.05, 4.69) is 26.9 Å². The minimum Gasteiger partial charge on any atom is -0.382 e. The highest BCUT2D eigenvalue weighted by Gasteiger charge is 2.13. The topological polar surface area (TPSA) is 64.9 Å². The number of benzene rings is 1. The first-order chi connectivity index (χ1) is 8.92. The van der Waals surface area contributed by atoms with Crippen LogP contribution in [0, 0.1) is 0 Å². The van der Waals surface area contributed by atoms with Crippen molar-refractivity contribution < 1.29 is 4.74 Å². The quantitative estimate of drug-likeness (QED) is 0.881. The van der Waals surface area contributed by atoms with Gasteiger partial charge in [0.15, 0.2) is 0 Å². The molecule has 1 fully saturated rings. The highest BCUT2D eigenvalue weighted by molar-refractivity contribution is 5.51. The molecule has 2 aromatic rings. The van der Waals surface area contributed by atoms with Crippen LogP contribution >= 0.6 is 0 Å². The molecule has 2 heterocycles. The van der Waals surface area contributed by atoms with Crippen LogP contribution in [0.2, 0.25) is 0 Å². The third-order valence-electron chi connectivity index (χ3n) is 3.05. The number of nitrogens with zero attached hydrogens (tertiary/aromatic N) is 4. The van der Waals surface area contributed by atoms with Gasteiger partial charge >= 0.3 is 0 Å². The fourth-order valence-electron chi connectivity index (χ4n) is 2.10. The molecule has 1 N–H and O–H groups in total. The zero-order valence-corrected chi connectivity index (χ0v) is 9.99. The summed E-state index contributed by atoms with van der Waals surface area (Å²) in [5.41, 5.74) is 2.05. The van der Waals surface area contributed by atoms with Crippen LogP contribution in [0.1, 0.15) is 12.8 Å². The van der Waals surface area contributed by atoms with E-state index in [-0.39, 0.29) is 0 Å². The molecule has 18 heavy (non-hydrogen) atoms. The predicted molar refractivity (Wildman–Crippen MR) is 66.6 cm³/mol. The number of anilines is 1. The number of hydrogen-bond acceptors (Lipinski definition) is 5. The van der Waals surface area contributed by atoms with Gasteiger partial charge in [0, 0.05) is 24.9 Å². The Kier molecular flexibility index (Phi) is 3.18. The van der Waals surface area contributed by atoms with Crippen LogP contribution in [-0.2, 0) is 4.74 Å². The van der Waals surface area contributed by atoms with Crippen molar-refractivity contribution in [3.63, 3.8) is 0 Å². The van der Waals surface area contributed by atoms with Gasteiger partial charge in [-0.25, -0.2) is 4.68 Å². The molecular formula is C12H15N5O. The highest BCUT2D eigenvalue weighted by Crippen LogP contribution is 2.17. The van der Waals surface area contributed by atoms with Crippen molar-refractivity contribution in [2.75, 3.05) is 18.5 Å². The van der Waals surface area contributed by atoms with Crippen LogP contribution in [0.5, 0.6) is 0 Å². The van der Waals surface area contributed by atoms with Gasteiger partial charge in [-0.3, -0.25) is 0 Å². The first kappa shape index (κ1) is 11.2. The number of tetrazole rings is 1. The summed E-state index contributed by atoms with van der Waals surface area (Å²) in [6.45, 7) is 1.68. The van der Waals surface area contributed by atoms with E-state index in [0.29, 0.717) is 6.04 Å². The van der Waals surface area contributed by atoms with Gasteiger partial charge in [-0.2, -0.15) is 0 Å². The monoisotopic (exact) mass is 245 g/mol. The Hall–Kier alpha value is -1.95. The van der Waals surface area contributed by atoms with Crippen molar-refractivity contribution in [3.8, 4) is 5.69 Å². The highest BCUT2D eigenvalue weighted by atomic mass is 16.5. The Balaban J connectivity index is 1.74. The lowest BCUT2D eigenvalue weighted by Crippen LogP contribution is -2.27. The number of ether oxygens (including phenoxy) is 1. The summed E-state index contributed by atoms with van der Waals surface area (Å²) in [4.78, 5) is 0. The van der Waals surface area contributed by atoms with E-state index < -0.39 is 0 Å². The lowest BCUT2D eigenvalue weighted by molar-refractivity contribution is 0.0904. The average Bonchev–Trinajstić information content (AvgIpc) is 2.94. The molecule has 1 aliphatic rings. The van der Waals surface area contributed by atoms with Crippen LogP contribution in [-0.4, -0.2) is 39.5 Å². The van der Waals surface area contributed by atoms with Gasteiger partial charge in [0.1, 0.15) is 6.33 Å². The minimum absolute atomic E-state index is 0.489.